The van der Waals surface area contributed by atoms with Crippen molar-refractivity contribution >= 4 is 11.9 Å². The summed E-state index contributed by atoms with van der Waals surface area (Å²) >= 11 is 0. The molecule has 0 radical (unpaired) electrons. The van der Waals surface area contributed by atoms with E-state index in [0.717, 1.165) is 22.7 Å². The van der Waals surface area contributed by atoms with Crippen molar-refractivity contribution in [3.8, 4) is 17.0 Å². The number of nitrogens with one attached hydrogen (secondary N) is 1. The molecule has 6 heteroatoms. The van der Waals surface area contributed by atoms with Gasteiger partial charge in [0.2, 0.25) is 5.95 Å². The molecule has 21 heavy (non-hydrogen) atoms. The number of hydrogen-bond acceptors (Lipinski definition) is 5. The van der Waals surface area contributed by atoms with Crippen LogP contribution in [0.5, 0.6) is 5.75 Å². The molecule has 0 bridgehead atoms. The summed E-state index contributed by atoms with van der Waals surface area (Å²) in [5.41, 5.74) is 2.54. The molecule has 0 aliphatic carbocycles. The highest BCUT2D eigenvalue weighted by molar-refractivity contribution is 5.67. The summed E-state index contributed by atoms with van der Waals surface area (Å²) in [6.07, 6.45) is 0.0230. The molecule has 0 aliphatic rings. The molecule has 0 unspecified atom stereocenters. The first kappa shape index (κ1) is 14.8. The van der Waals surface area contributed by atoms with Gasteiger partial charge in [-0.25, -0.2) is 9.97 Å². The van der Waals surface area contributed by atoms with Crippen LogP contribution in [0.1, 0.15) is 12.1 Å². The first-order chi connectivity index (χ1) is 10.1. The van der Waals surface area contributed by atoms with Crippen molar-refractivity contribution in [1.82, 2.24) is 9.97 Å². The first-order valence-corrected chi connectivity index (χ1v) is 6.54. The minimum atomic E-state index is -0.856. The molecule has 0 aliphatic heterocycles. The molecule has 0 atom stereocenters. The van der Waals surface area contributed by atoms with Crippen LogP contribution in [-0.2, 0) is 4.79 Å². The Morgan fingerprint density at radius 2 is 2.00 bits per heavy atom. The second kappa shape index (κ2) is 6.69. The van der Waals surface area contributed by atoms with Gasteiger partial charge >= 0.3 is 5.97 Å². The number of anilines is 1. The molecule has 0 saturated carbocycles. The Morgan fingerprint density at radius 1 is 1.29 bits per heavy atom. The van der Waals surface area contributed by atoms with Gasteiger partial charge in [0.15, 0.2) is 0 Å². The van der Waals surface area contributed by atoms with Gasteiger partial charge in [0.1, 0.15) is 5.75 Å². The van der Waals surface area contributed by atoms with Crippen LogP contribution in [0.15, 0.2) is 30.3 Å². The Morgan fingerprint density at radius 3 is 2.62 bits per heavy atom. The lowest BCUT2D eigenvalue weighted by molar-refractivity contribution is -0.136. The monoisotopic (exact) mass is 287 g/mol. The summed E-state index contributed by atoms with van der Waals surface area (Å²) in [5.74, 6) is 0.358. The number of aromatic nitrogens is 2. The van der Waals surface area contributed by atoms with Crippen molar-refractivity contribution < 1.29 is 14.6 Å². The van der Waals surface area contributed by atoms with Crippen LogP contribution in [0, 0.1) is 6.92 Å². The van der Waals surface area contributed by atoms with Crippen LogP contribution in [-0.4, -0.2) is 34.7 Å². The Balaban J connectivity index is 2.19. The number of carboxylic acid groups (broad SMARTS) is 1. The van der Waals surface area contributed by atoms with E-state index >= 15 is 0 Å². The smallest absolute Gasteiger partial charge is 0.305 e. The van der Waals surface area contributed by atoms with Crippen LogP contribution in [0.25, 0.3) is 11.3 Å². The quantitative estimate of drug-likeness (QED) is 0.848. The molecule has 2 rings (SSSR count). The van der Waals surface area contributed by atoms with Gasteiger partial charge in [-0.3, -0.25) is 4.79 Å². The van der Waals surface area contributed by atoms with Crippen LogP contribution >= 0.6 is 0 Å². The fraction of sp³-hybridized carbons (Fsp3) is 0.267. The predicted octanol–water partition coefficient (Wildman–Crippen LogP) is 2.35. The highest BCUT2D eigenvalue weighted by atomic mass is 16.5. The molecular formula is C15H17N3O3. The van der Waals surface area contributed by atoms with E-state index in [2.05, 4.69) is 15.3 Å². The first-order valence-electron chi connectivity index (χ1n) is 6.54. The van der Waals surface area contributed by atoms with E-state index in [-0.39, 0.29) is 6.42 Å². The molecule has 0 saturated heterocycles. The largest absolute Gasteiger partial charge is 0.497 e. The normalized spacial score (nSPS) is 10.2. The van der Waals surface area contributed by atoms with Gasteiger partial charge in [-0.05, 0) is 37.3 Å². The van der Waals surface area contributed by atoms with E-state index in [1.807, 2.05) is 37.3 Å². The number of ether oxygens (including phenoxy) is 1. The van der Waals surface area contributed by atoms with E-state index in [0.29, 0.717) is 12.5 Å². The minimum absolute atomic E-state index is 0.0230. The maximum atomic E-state index is 10.5. The van der Waals surface area contributed by atoms with E-state index < -0.39 is 5.97 Å². The summed E-state index contributed by atoms with van der Waals surface area (Å²) in [7, 11) is 1.62. The molecule has 0 spiro atoms. The molecule has 6 nitrogen and oxygen atoms in total. The zero-order chi connectivity index (χ0) is 15.2. The Labute approximate surface area is 122 Å². The zero-order valence-electron chi connectivity index (χ0n) is 12.0. The highest BCUT2D eigenvalue weighted by Crippen LogP contribution is 2.22. The third-order valence-electron chi connectivity index (χ3n) is 2.86. The fourth-order valence-corrected chi connectivity index (χ4v) is 1.84. The third-order valence-corrected chi connectivity index (χ3v) is 2.86. The molecule has 110 valence electrons. The maximum Gasteiger partial charge on any atom is 0.305 e. The van der Waals surface area contributed by atoms with Gasteiger partial charge < -0.3 is 15.2 Å². The molecule has 1 aromatic heterocycles. The van der Waals surface area contributed by atoms with Crippen LogP contribution < -0.4 is 10.1 Å². The maximum absolute atomic E-state index is 10.5. The second-order valence-electron chi connectivity index (χ2n) is 4.52. The van der Waals surface area contributed by atoms with Crippen LogP contribution in [0.2, 0.25) is 0 Å². The Kier molecular flexibility index (Phi) is 4.71. The number of carboxylic acids is 1. The van der Waals surface area contributed by atoms with E-state index in [1.165, 1.54) is 0 Å². The number of methoxy groups -OCH3 is 1. The number of rotatable bonds is 6. The van der Waals surface area contributed by atoms with Crippen molar-refractivity contribution in [2.45, 2.75) is 13.3 Å². The van der Waals surface area contributed by atoms with Crippen molar-refractivity contribution in [3.05, 3.63) is 36.0 Å². The topological polar surface area (TPSA) is 84.3 Å². The van der Waals surface area contributed by atoms with Gasteiger partial charge in [-0.1, -0.05) is 0 Å². The Hall–Kier alpha value is -2.63. The number of hydrogen-bond donors (Lipinski definition) is 2. The lowest BCUT2D eigenvalue weighted by Gasteiger charge is -2.08. The summed E-state index contributed by atoms with van der Waals surface area (Å²) in [6.45, 7) is 2.16. The number of carbonyl (C=O) groups is 1. The third kappa shape index (κ3) is 4.17. The molecule has 1 aromatic carbocycles. The standard InChI is InChI=1S/C15H17N3O3/c1-10-9-13(11-3-5-12(21-2)6-4-11)18-15(17-10)16-8-7-14(19)20/h3-6,9H,7-8H2,1-2H3,(H,19,20)(H,16,17,18). The van der Waals surface area contributed by atoms with Gasteiger partial charge in [-0.15, -0.1) is 0 Å². The average molecular weight is 287 g/mol. The SMILES string of the molecule is COc1ccc(-c2cc(C)nc(NCCC(=O)O)n2)cc1. The Bertz CT molecular complexity index is 627. The molecular weight excluding hydrogens is 270 g/mol. The van der Waals surface area contributed by atoms with Crippen molar-refractivity contribution in [3.63, 3.8) is 0 Å². The van der Waals surface area contributed by atoms with E-state index in [4.69, 9.17) is 9.84 Å². The lowest BCUT2D eigenvalue weighted by atomic mass is 10.1. The van der Waals surface area contributed by atoms with Crippen LogP contribution in [0.4, 0.5) is 5.95 Å². The minimum Gasteiger partial charge on any atom is -0.497 e. The molecule has 2 aromatic rings. The van der Waals surface area contributed by atoms with Crippen molar-refractivity contribution in [1.29, 1.82) is 0 Å². The van der Waals surface area contributed by atoms with E-state index in [9.17, 15) is 4.79 Å². The van der Waals surface area contributed by atoms with Gasteiger partial charge in [0.25, 0.3) is 0 Å². The van der Waals surface area contributed by atoms with Crippen molar-refractivity contribution in [2.75, 3.05) is 19.0 Å². The van der Waals surface area contributed by atoms with Crippen molar-refractivity contribution in [2.24, 2.45) is 0 Å². The number of aliphatic carboxylic acids is 1. The summed E-state index contributed by atoms with van der Waals surface area (Å²) < 4.78 is 5.13. The molecule has 0 fully saturated rings. The average Bonchev–Trinajstić information content (AvgIpc) is 2.46. The number of nitrogens with zero attached hydrogens (tertiary/aromatic N) is 2. The number of benzene rings is 1. The second-order valence-corrected chi connectivity index (χ2v) is 4.52. The molecule has 0 amide bonds. The van der Waals surface area contributed by atoms with Gasteiger partial charge in [-0.2, -0.15) is 0 Å². The summed E-state index contributed by atoms with van der Waals surface area (Å²) in [6, 6.07) is 9.45. The lowest BCUT2D eigenvalue weighted by Crippen LogP contribution is -2.10. The fourth-order valence-electron chi connectivity index (χ4n) is 1.84. The zero-order valence-corrected chi connectivity index (χ0v) is 12.0. The number of aryl methyl sites for hydroxylation is 1. The van der Waals surface area contributed by atoms with E-state index in [1.54, 1.807) is 7.11 Å². The van der Waals surface area contributed by atoms with Crippen LogP contribution in [0.3, 0.4) is 0 Å². The van der Waals surface area contributed by atoms with Gasteiger partial charge in [0, 0.05) is 17.8 Å². The predicted molar refractivity (Wildman–Crippen MR) is 79.5 cm³/mol. The summed E-state index contributed by atoms with van der Waals surface area (Å²) in [4.78, 5) is 19.2. The highest BCUT2D eigenvalue weighted by Gasteiger charge is 2.05. The summed E-state index contributed by atoms with van der Waals surface area (Å²) in [5, 5.41) is 11.6. The molecule has 2 N–H and O–H groups in total. The van der Waals surface area contributed by atoms with Gasteiger partial charge in [0.05, 0.1) is 19.2 Å². The molecule has 1 heterocycles.